The van der Waals surface area contributed by atoms with E-state index in [2.05, 4.69) is 4.98 Å². The Morgan fingerprint density at radius 1 is 0.897 bits per heavy atom. The zero-order chi connectivity index (χ0) is 20.1. The second-order valence-corrected chi connectivity index (χ2v) is 8.42. The second-order valence-electron chi connectivity index (χ2n) is 6.55. The van der Waals surface area contributed by atoms with Crippen LogP contribution in [0.2, 0.25) is 10.0 Å². The van der Waals surface area contributed by atoms with Gasteiger partial charge in [-0.3, -0.25) is 0 Å². The number of pyridine rings is 1. The van der Waals surface area contributed by atoms with E-state index >= 15 is 0 Å². The number of rotatable bonds is 2. The molecule has 0 fully saturated rings. The van der Waals surface area contributed by atoms with Gasteiger partial charge < -0.3 is 4.42 Å². The molecule has 0 amide bonds. The Hall–Kier alpha value is -2.73. The average molecular weight is 439 g/mol. The normalized spacial score (nSPS) is 11.4. The Morgan fingerprint density at radius 3 is 2.17 bits per heavy atom. The maximum Gasteiger partial charge on any atom is 0.357 e. The lowest BCUT2D eigenvalue weighted by atomic mass is 10.00. The van der Waals surface area contributed by atoms with Crippen molar-refractivity contribution in [3.63, 3.8) is 0 Å². The predicted octanol–water partition coefficient (Wildman–Crippen LogP) is 6.75. The molecule has 3 aromatic heterocycles. The molecule has 0 unspecified atom stereocenters. The summed E-state index contributed by atoms with van der Waals surface area (Å²) < 4.78 is 5.65. The summed E-state index contributed by atoms with van der Waals surface area (Å²) in [4.78, 5) is 22.4. The minimum atomic E-state index is -0.398. The molecule has 0 saturated carbocycles. The fourth-order valence-electron chi connectivity index (χ4n) is 3.31. The molecule has 0 aliphatic rings. The van der Waals surface area contributed by atoms with Gasteiger partial charge in [-0.25, -0.2) is 14.8 Å². The summed E-state index contributed by atoms with van der Waals surface area (Å²) in [5, 5.41) is 2.15. The van der Waals surface area contributed by atoms with Crippen LogP contribution in [0.5, 0.6) is 0 Å². The highest BCUT2D eigenvalue weighted by Crippen LogP contribution is 2.39. The lowest BCUT2D eigenvalue weighted by Gasteiger charge is -2.09. The van der Waals surface area contributed by atoms with Crippen LogP contribution >= 0.6 is 34.5 Å². The van der Waals surface area contributed by atoms with Gasteiger partial charge in [0.25, 0.3) is 0 Å². The van der Waals surface area contributed by atoms with Crippen molar-refractivity contribution in [2.24, 2.45) is 0 Å². The summed E-state index contributed by atoms with van der Waals surface area (Å²) in [6.45, 7) is 1.67. The third-order valence-corrected chi connectivity index (χ3v) is 6.18. The Morgan fingerprint density at radius 2 is 1.52 bits per heavy atom. The third-order valence-electron chi connectivity index (χ3n) is 4.63. The van der Waals surface area contributed by atoms with E-state index in [1.807, 2.05) is 54.6 Å². The number of aromatic nitrogens is 2. The Kier molecular flexibility index (Phi) is 4.39. The molecule has 5 aromatic rings. The molecule has 0 atom stereocenters. The minimum Gasteiger partial charge on any atom is -0.408 e. The van der Waals surface area contributed by atoms with E-state index < -0.39 is 5.63 Å². The van der Waals surface area contributed by atoms with Crippen molar-refractivity contribution in [3.8, 4) is 22.4 Å². The molecule has 0 aliphatic carbocycles. The lowest BCUT2D eigenvalue weighted by Crippen LogP contribution is -2.00. The Balaban J connectivity index is 1.90. The van der Waals surface area contributed by atoms with Crippen molar-refractivity contribution < 1.29 is 4.42 Å². The number of nitrogens with zero attached hydrogens (tertiary/aromatic N) is 2. The van der Waals surface area contributed by atoms with Gasteiger partial charge in [0.2, 0.25) is 0 Å². The highest BCUT2D eigenvalue weighted by atomic mass is 35.5. The number of hydrogen-bond acceptors (Lipinski definition) is 5. The first-order valence-electron chi connectivity index (χ1n) is 8.76. The first-order valence-corrected chi connectivity index (χ1v) is 10.3. The molecule has 0 radical (unpaired) electrons. The van der Waals surface area contributed by atoms with E-state index in [1.165, 1.54) is 11.3 Å². The number of fused-ring (bicyclic) bond motifs is 3. The fourth-order valence-corrected chi connectivity index (χ4v) is 4.58. The second kappa shape index (κ2) is 6.95. The smallest absolute Gasteiger partial charge is 0.357 e. The van der Waals surface area contributed by atoms with Crippen LogP contribution in [0, 0.1) is 6.92 Å². The number of thiophene rings is 1. The number of benzene rings is 2. The first kappa shape index (κ1) is 18.3. The monoisotopic (exact) mass is 438 g/mol. The highest BCUT2D eigenvalue weighted by molar-refractivity contribution is 7.25. The highest BCUT2D eigenvalue weighted by Gasteiger charge is 2.19. The molecule has 2 aromatic carbocycles. The molecular formula is C22H12Cl2N2O2S. The van der Waals surface area contributed by atoms with E-state index in [0.29, 0.717) is 26.2 Å². The van der Waals surface area contributed by atoms with E-state index in [9.17, 15) is 4.79 Å². The zero-order valence-corrected chi connectivity index (χ0v) is 17.4. The van der Waals surface area contributed by atoms with Crippen LogP contribution in [-0.4, -0.2) is 9.97 Å². The molecule has 142 valence electrons. The largest absolute Gasteiger partial charge is 0.408 e. The van der Waals surface area contributed by atoms with Gasteiger partial charge in [0.1, 0.15) is 15.0 Å². The van der Waals surface area contributed by atoms with Gasteiger partial charge in [0.05, 0.1) is 5.69 Å². The van der Waals surface area contributed by atoms with Crippen LogP contribution in [0.4, 0.5) is 0 Å². The first-order chi connectivity index (χ1) is 14.0. The van der Waals surface area contributed by atoms with E-state index in [1.54, 1.807) is 6.92 Å². The summed E-state index contributed by atoms with van der Waals surface area (Å²) in [6.07, 6.45) is 0. The molecule has 4 nitrogen and oxygen atoms in total. The van der Waals surface area contributed by atoms with Gasteiger partial charge in [-0.2, -0.15) is 0 Å². The van der Waals surface area contributed by atoms with E-state index in [4.69, 9.17) is 32.6 Å². The molecule has 3 heterocycles. The minimum absolute atomic E-state index is 0.325. The molecule has 0 spiro atoms. The molecule has 0 saturated heterocycles. The van der Waals surface area contributed by atoms with Crippen molar-refractivity contribution in [2.75, 3.05) is 0 Å². The molecule has 0 N–H and O–H groups in total. The molecular weight excluding hydrogens is 427 g/mol. The standard InChI is InChI=1S/C22H12Cl2N2O2S/c1-11-25-19-18-16(12-2-6-14(23)7-3-12)10-17(13-4-8-15(24)9-5-13)26-21(18)29-20(19)22(27)28-11/h2-10H,1H3. The van der Waals surface area contributed by atoms with Crippen molar-refractivity contribution in [1.82, 2.24) is 9.97 Å². The Bertz CT molecular complexity index is 1440. The van der Waals surface area contributed by atoms with Crippen molar-refractivity contribution >= 4 is 55.0 Å². The predicted molar refractivity (Wildman–Crippen MR) is 119 cm³/mol. The molecule has 29 heavy (non-hydrogen) atoms. The van der Waals surface area contributed by atoms with Crippen LogP contribution in [0.3, 0.4) is 0 Å². The van der Waals surface area contributed by atoms with Gasteiger partial charge in [-0.15, -0.1) is 11.3 Å². The third kappa shape index (κ3) is 3.21. The van der Waals surface area contributed by atoms with Crippen LogP contribution < -0.4 is 5.63 Å². The van der Waals surface area contributed by atoms with Crippen LogP contribution in [0.15, 0.2) is 63.8 Å². The van der Waals surface area contributed by atoms with Gasteiger partial charge in [-0.1, -0.05) is 47.5 Å². The van der Waals surface area contributed by atoms with Crippen LogP contribution in [0.25, 0.3) is 42.8 Å². The molecule has 0 aliphatic heterocycles. The topological polar surface area (TPSA) is 56.0 Å². The van der Waals surface area contributed by atoms with E-state index in [0.717, 1.165) is 32.6 Å². The average Bonchev–Trinajstić information content (AvgIpc) is 3.07. The van der Waals surface area contributed by atoms with Gasteiger partial charge in [-0.05, 0) is 41.5 Å². The van der Waals surface area contributed by atoms with Gasteiger partial charge in [0.15, 0.2) is 5.89 Å². The number of halogens is 2. The zero-order valence-electron chi connectivity index (χ0n) is 15.1. The number of aryl methyl sites for hydroxylation is 1. The van der Waals surface area contributed by atoms with Crippen molar-refractivity contribution in [2.45, 2.75) is 6.92 Å². The molecule has 5 rings (SSSR count). The summed E-state index contributed by atoms with van der Waals surface area (Å²) >= 11 is 13.4. The quantitative estimate of drug-likeness (QED) is 0.305. The fraction of sp³-hybridized carbons (Fsp3) is 0.0455. The molecule has 7 heteroatoms. The summed E-state index contributed by atoms with van der Waals surface area (Å²) in [5.41, 5.74) is 3.82. The number of hydrogen-bond donors (Lipinski definition) is 0. The lowest BCUT2D eigenvalue weighted by molar-refractivity contribution is 0.468. The Labute approximate surface area is 179 Å². The van der Waals surface area contributed by atoms with Crippen molar-refractivity contribution in [1.29, 1.82) is 0 Å². The summed E-state index contributed by atoms with van der Waals surface area (Å²) in [5.74, 6) is 0.325. The van der Waals surface area contributed by atoms with Crippen molar-refractivity contribution in [3.05, 3.63) is 81.0 Å². The SMILES string of the molecule is Cc1nc2c(sc3nc(-c4ccc(Cl)cc4)cc(-c4ccc(Cl)cc4)c32)c(=O)o1. The van der Waals surface area contributed by atoms with Crippen LogP contribution in [-0.2, 0) is 0 Å². The maximum absolute atomic E-state index is 12.4. The summed E-state index contributed by atoms with van der Waals surface area (Å²) in [7, 11) is 0. The van der Waals surface area contributed by atoms with E-state index in [-0.39, 0.29) is 0 Å². The molecule has 0 bridgehead atoms. The summed E-state index contributed by atoms with van der Waals surface area (Å²) in [6, 6.07) is 17.1. The van der Waals surface area contributed by atoms with Gasteiger partial charge in [0, 0.05) is 27.9 Å². The maximum atomic E-state index is 12.4. The van der Waals surface area contributed by atoms with Gasteiger partial charge >= 0.3 is 5.63 Å². The van der Waals surface area contributed by atoms with Crippen LogP contribution in [0.1, 0.15) is 5.89 Å².